The van der Waals surface area contributed by atoms with E-state index in [1.54, 1.807) is 0 Å². The summed E-state index contributed by atoms with van der Waals surface area (Å²) < 4.78 is 9.21. The van der Waals surface area contributed by atoms with Crippen LogP contribution in [0.3, 0.4) is 0 Å². The van der Waals surface area contributed by atoms with E-state index in [4.69, 9.17) is 9.97 Å². The molecule has 0 aliphatic heterocycles. The molecule has 11 aromatic rings. The number of benzene rings is 6. The molecule has 0 radical (unpaired) electrons. The Balaban J connectivity index is 1.35. The fourth-order valence-corrected chi connectivity index (χ4v) is 7.54. The van der Waals surface area contributed by atoms with Gasteiger partial charge in [0.05, 0.1) is 44.1 Å². The van der Waals surface area contributed by atoms with Crippen LogP contribution >= 0.6 is 0 Å². The molecule has 0 aliphatic carbocycles. The first-order chi connectivity index (χ1) is 21.8. The lowest BCUT2D eigenvalue weighted by atomic mass is 9.98. The highest BCUT2D eigenvalue weighted by Crippen LogP contribution is 2.42. The van der Waals surface area contributed by atoms with E-state index in [-0.39, 0.29) is 0 Å². The molecule has 0 fully saturated rings. The van der Waals surface area contributed by atoms with Gasteiger partial charge in [0.25, 0.3) is 0 Å². The third kappa shape index (κ3) is 2.62. The van der Waals surface area contributed by atoms with Gasteiger partial charge in [-0.15, -0.1) is 0 Å². The van der Waals surface area contributed by atoms with Gasteiger partial charge in [-0.25, -0.2) is 14.4 Å². The predicted octanol–water partition coefficient (Wildman–Crippen LogP) is 8.90. The van der Waals surface area contributed by atoms with E-state index < -0.39 is 0 Å². The van der Waals surface area contributed by atoms with E-state index in [1.165, 1.54) is 27.4 Å². The molecule has 0 spiro atoms. The molecule has 0 saturated carbocycles. The van der Waals surface area contributed by atoms with Crippen molar-refractivity contribution in [3.63, 3.8) is 0 Å². The van der Waals surface area contributed by atoms with E-state index >= 15 is 0 Å². The second kappa shape index (κ2) is 7.82. The van der Waals surface area contributed by atoms with Crippen LogP contribution in [0.1, 0.15) is 0 Å². The maximum absolute atomic E-state index is 5.13. The van der Waals surface area contributed by atoms with Crippen molar-refractivity contribution in [2.75, 3.05) is 0 Å². The molecule has 6 nitrogen and oxygen atoms in total. The molecule has 5 heterocycles. The maximum atomic E-state index is 5.13. The van der Waals surface area contributed by atoms with Crippen molar-refractivity contribution in [3.05, 3.63) is 133 Å². The average Bonchev–Trinajstić information content (AvgIpc) is 3.86. The van der Waals surface area contributed by atoms with Crippen LogP contribution in [0.15, 0.2) is 133 Å². The topological polar surface area (TPSA) is 43.9 Å². The fourth-order valence-electron chi connectivity index (χ4n) is 7.54. The van der Waals surface area contributed by atoms with Gasteiger partial charge >= 0.3 is 0 Å². The Morgan fingerprint density at radius 3 is 1.68 bits per heavy atom. The van der Waals surface area contributed by atoms with Gasteiger partial charge in [-0.05, 0) is 71.8 Å². The lowest BCUT2D eigenvalue weighted by Crippen LogP contribution is -1.93. The molecule has 5 aromatic heterocycles. The van der Waals surface area contributed by atoms with Crippen molar-refractivity contribution in [2.45, 2.75) is 0 Å². The van der Waals surface area contributed by atoms with Crippen LogP contribution in [0.25, 0.3) is 88.8 Å². The summed E-state index contributed by atoms with van der Waals surface area (Å²) in [6.07, 6.45) is 0. The Bertz CT molecular complexity index is 2820. The summed E-state index contributed by atoms with van der Waals surface area (Å²) in [5, 5.41) is 2.49. The van der Waals surface area contributed by atoms with Crippen molar-refractivity contribution < 1.29 is 0 Å². The highest BCUT2D eigenvalue weighted by atomic mass is 15.3. The molecule has 0 saturated heterocycles. The zero-order valence-electron chi connectivity index (χ0n) is 23.4. The van der Waals surface area contributed by atoms with E-state index in [0.29, 0.717) is 0 Å². The molecule has 0 amide bonds. The first-order valence-corrected chi connectivity index (χ1v) is 14.9. The van der Waals surface area contributed by atoms with Gasteiger partial charge in [-0.2, -0.15) is 0 Å². The minimum atomic E-state index is 0.882. The van der Waals surface area contributed by atoms with Crippen molar-refractivity contribution in [3.8, 4) is 16.8 Å². The fraction of sp³-hybridized carbons (Fsp3) is 0. The molecular formula is C38H22N6. The number of nitrogens with zero attached hydrogens (tertiary/aromatic N) is 6. The highest BCUT2D eigenvalue weighted by Gasteiger charge is 2.25. The largest absolute Gasteiger partial charge is 0.309 e. The van der Waals surface area contributed by atoms with E-state index in [0.717, 1.165) is 61.4 Å². The second-order valence-electron chi connectivity index (χ2n) is 11.6. The summed E-state index contributed by atoms with van der Waals surface area (Å²) in [6.45, 7) is 0. The van der Waals surface area contributed by atoms with Gasteiger partial charge in [0.2, 0.25) is 11.6 Å². The Morgan fingerprint density at radius 2 is 1.00 bits per heavy atom. The number of hydrogen-bond donors (Lipinski definition) is 0. The molecule has 44 heavy (non-hydrogen) atoms. The van der Waals surface area contributed by atoms with Crippen molar-refractivity contribution in [1.29, 1.82) is 0 Å². The van der Waals surface area contributed by atoms with Crippen LogP contribution in [0, 0.1) is 0 Å². The first kappa shape index (κ1) is 22.5. The molecule has 0 N–H and O–H groups in total. The smallest absolute Gasteiger partial charge is 0.223 e. The van der Waals surface area contributed by atoms with E-state index in [1.807, 2.05) is 0 Å². The van der Waals surface area contributed by atoms with Crippen molar-refractivity contribution >= 4 is 72.0 Å². The highest BCUT2D eigenvalue weighted by molar-refractivity contribution is 6.17. The van der Waals surface area contributed by atoms with Crippen LogP contribution in [0.5, 0.6) is 0 Å². The summed E-state index contributed by atoms with van der Waals surface area (Å²) in [4.78, 5) is 10.3. The Morgan fingerprint density at radius 1 is 0.432 bits per heavy atom. The van der Waals surface area contributed by atoms with Crippen LogP contribution in [0.2, 0.25) is 0 Å². The Kier molecular flexibility index (Phi) is 3.99. The number of imidazole rings is 4. The van der Waals surface area contributed by atoms with Gasteiger partial charge in [-0.3, -0.25) is 8.80 Å². The SMILES string of the molecule is c1ccc(-n2c3ccccc3c3c(-c4cc5c6c(c4)n4c7ccccc7nc4n6c4nc6ccccc6n54)cccc32)cc1. The van der Waals surface area contributed by atoms with Gasteiger partial charge in [0.1, 0.15) is 5.52 Å². The summed E-state index contributed by atoms with van der Waals surface area (Å²) in [5.41, 5.74) is 13.4. The second-order valence-corrected chi connectivity index (χ2v) is 11.6. The molecule has 6 heteroatoms. The Hall–Kier alpha value is -6.14. The molecule has 0 aliphatic rings. The zero-order chi connectivity index (χ0) is 28.5. The predicted molar refractivity (Wildman–Crippen MR) is 178 cm³/mol. The molecule has 11 rings (SSSR count). The molecule has 204 valence electrons. The number of para-hydroxylation sites is 6. The summed E-state index contributed by atoms with van der Waals surface area (Å²) in [5.74, 6) is 1.76. The minimum absolute atomic E-state index is 0.882. The standard InChI is InChI=1S/C38H22N6/c1-2-11-24(12-3-1)41-29-17-7-4-13-26(29)35-25(14-10-20-32(35)41)23-21-33-36-34(22-23)43-31-19-9-6-16-28(31)40-38(43)44(36)37-39-27-15-5-8-18-30(27)42(33)37/h1-22H. The van der Waals surface area contributed by atoms with Gasteiger partial charge in [-0.1, -0.05) is 72.8 Å². The lowest BCUT2D eigenvalue weighted by molar-refractivity contribution is 1.15. The summed E-state index contributed by atoms with van der Waals surface area (Å²) >= 11 is 0. The first-order valence-electron chi connectivity index (χ1n) is 14.9. The normalized spacial score (nSPS) is 12.5. The monoisotopic (exact) mass is 562 g/mol. The number of rotatable bonds is 2. The zero-order valence-corrected chi connectivity index (χ0v) is 23.4. The third-order valence-corrected chi connectivity index (χ3v) is 9.28. The van der Waals surface area contributed by atoms with Gasteiger partial charge in [0, 0.05) is 16.5 Å². The number of hydrogen-bond acceptors (Lipinski definition) is 2. The molecule has 0 bridgehead atoms. The number of fused-ring (bicyclic) bond motifs is 13. The lowest BCUT2D eigenvalue weighted by Gasteiger charge is -2.09. The summed E-state index contributed by atoms with van der Waals surface area (Å²) in [7, 11) is 0. The summed E-state index contributed by atoms with van der Waals surface area (Å²) in [6, 6.07) is 47.5. The molecular weight excluding hydrogens is 540 g/mol. The van der Waals surface area contributed by atoms with Crippen LogP contribution in [0.4, 0.5) is 0 Å². The molecule has 6 aromatic carbocycles. The quantitative estimate of drug-likeness (QED) is 0.211. The Labute approximate surface area is 249 Å². The van der Waals surface area contributed by atoms with Gasteiger partial charge < -0.3 is 4.57 Å². The third-order valence-electron chi connectivity index (χ3n) is 9.28. The van der Waals surface area contributed by atoms with Crippen LogP contribution < -0.4 is 0 Å². The number of aromatic nitrogens is 6. The van der Waals surface area contributed by atoms with Crippen molar-refractivity contribution in [1.82, 2.24) is 27.7 Å². The van der Waals surface area contributed by atoms with Crippen molar-refractivity contribution in [2.24, 2.45) is 0 Å². The average molecular weight is 563 g/mol. The molecule has 0 unspecified atom stereocenters. The minimum Gasteiger partial charge on any atom is -0.309 e. The van der Waals surface area contributed by atoms with E-state index in [9.17, 15) is 0 Å². The van der Waals surface area contributed by atoms with E-state index in [2.05, 4.69) is 151 Å². The van der Waals surface area contributed by atoms with Gasteiger partial charge in [0.15, 0.2) is 0 Å². The van der Waals surface area contributed by atoms with Crippen LogP contribution in [-0.2, 0) is 0 Å². The van der Waals surface area contributed by atoms with Crippen LogP contribution in [-0.4, -0.2) is 27.7 Å². The maximum Gasteiger partial charge on any atom is 0.223 e. The molecule has 0 atom stereocenters.